The zero-order valence-electron chi connectivity index (χ0n) is 18.5. The molecule has 1 atom stereocenters. The summed E-state index contributed by atoms with van der Waals surface area (Å²) in [5.41, 5.74) is 6.75. The number of hydrogen-bond donors (Lipinski definition) is 3. The molecule has 0 aliphatic heterocycles. The van der Waals surface area contributed by atoms with Crippen molar-refractivity contribution in [1.29, 1.82) is 0 Å². The number of anilines is 1. The standard InChI is InChI=1S/C24H29N3O6/c1-2-3-15-32-23(30)18-9-11-19(12-10-18)26-22(29)20(13-14-21(25)28)27-24(31)33-16-17-7-5-4-6-8-17/h4-12,20H,2-3,13-16H2,1H3,(H2,25,28)(H,26,29)(H,27,31)/t20-/m0/s1. The molecule has 2 aromatic carbocycles. The molecule has 0 aliphatic carbocycles. The number of primary amides is 1. The van der Waals surface area contributed by atoms with Gasteiger partial charge in [0.1, 0.15) is 12.6 Å². The van der Waals surface area contributed by atoms with Gasteiger partial charge >= 0.3 is 12.1 Å². The van der Waals surface area contributed by atoms with Crippen molar-refractivity contribution < 1.29 is 28.7 Å². The van der Waals surface area contributed by atoms with Crippen LogP contribution in [0.4, 0.5) is 10.5 Å². The number of amides is 3. The number of rotatable bonds is 12. The van der Waals surface area contributed by atoms with Crippen LogP contribution in [0.15, 0.2) is 54.6 Å². The Bertz CT molecular complexity index is 931. The molecule has 2 aromatic rings. The topological polar surface area (TPSA) is 137 Å². The second-order valence-electron chi connectivity index (χ2n) is 7.32. The van der Waals surface area contributed by atoms with Crippen LogP contribution in [0.25, 0.3) is 0 Å². The van der Waals surface area contributed by atoms with Crippen LogP contribution in [-0.4, -0.2) is 36.5 Å². The first kappa shape index (κ1) is 25.4. The van der Waals surface area contributed by atoms with Crippen molar-refractivity contribution >= 4 is 29.6 Å². The van der Waals surface area contributed by atoms with E-state index in [2.05, 4.69) is 10.6 Å². The van der Waals surface area contributed by atoms with Crippen LogP contribution >= 0.6 is 0 Å². The van der Waals surface area contributed by atoms with Gasteiger partial charge in [0.25, 0.3) is 0 Å². The molecule has 2 rings (SSSR count). The maximum Gasteiger partial charge on any atom is 0.408 e. The van der Waals surface area contributed by atoms with Gasteiger partial charge in [-0.2, -0.15) is 0 Å². The summed E-state index contributed by atoms with van der Waals surface area (Å²) in [4.78, 5) is 48.0. The zero-order chi connectivity index (χ0) is 24.1. The van der Waals surface area contributed by atoms with E-state index in [0.29, 0.717) is 17.9 Å². The van der Waals surface area contributed by atoms with Crippen LogP contribution in [0.2, 0.25) is 0 Å². The van der Waals surface area contributed by atoms with Crippen molar-refractivity contribution in [2.24, 2.45) is 5.73 Å². The van der Waals surface area contributed by atoms with E-state index in [9.17, 15) is 19.2 Å². The molecule has 3 amide bonds. The number of carbonyl (C=O) groups excluding carboxylic acids is 4. The van der Waals surface area contributed by atoms with Gasteiger partial charge in [0.15, 0.2) is 0 Å². The molecule has 0 fully saturated rings. The third-order valence-electron chi connectivity index (χ3n) is 4.62. The lowest BCUT2D eigenvalue weighted by atomic mass is 10.1. The molecule has 0 unspecified atom stereocenters. The number of nitrogens with two attached hydrogens (primary N) is 1. The lowest BCUT2D eigenvalue weighted by Gasteiger charge is -2.18. The van der Waals surface area contributed by atoms with E-state index >= 15 is 0 Å². The number of benzene rings is 2. The third kappa shape index (κ3) is 9.42. The maximum atomic E-state index is 12.7. The number of ether oxygens (including phenoxy) is 2. The van der Waals surface area contributed by atoms with Crippen LogP contribution in [-0.2, 0) is 25.7 Å². The normalized spacial score (nSPS) is 11.2. The van der Waals surface area contributed by atoms with E-state index in [4.69, 9.17) is 15.2 Å². The molecule has 9 nitrogen and oxygen atoms in total. The Morgan fingerprint density at radius 3 is 2.30 bits per heavy atom. The molecule has 0 aromatic heterocycles. The summed E-state index contributed by atoms with van der Waals surface area (Å²) in [6, 6.07) is 14.2. The minimum absolute atomic E-state index is 0.00341. The first-order valence-electron chi connectivity index (χ1n) is 10.7. The molecule has 0 spiro atoms. The van der Waals surface area contributed by atoms with E-state index in [0.717, 1.165) is 18.4 Å². The van der Waals surface area contributed by atoms with Crippen molar-refractivity contribution in [2.75, 3.05) is 11.9 Å². The predicted molar refractivity (Wildman–Crippen MR) is 122 cm³/mol. The molecule has 0 heterocycles. The lowest BCUT2D eigenvalue weighted by Crippen LogP contribution is -2.44. The highest BCUT2D eigenvalue weighted by atomic mass is 16.5. The Hall–Kier alpha value is -3.88. The van der Waals surface area contributed by atoms with Gasteiger partial charge in [0.2, 0.25) is 11.8 Å². The first-order valence-corrected chi connectivity index (χ1v) is 10.7. The van der Waals surface area contributed by atoms with Crippen molar-refractivity contribution in [1.82, 2.24) is 5.32 Å². The fraction of sp³-hybridized carbons (Fsp3) is 0.333. The molecular weight excluding hydrogens is 426 g/mol. The summed E-state index contributed by atoms with van der Waals surface area (Å²) >= 11 is 0. The minimum Gasteiger partial charge on any atom is -0.462 e. The van der Waals surface area contributed by atoms with Crippen LogP contribution in [0.3, 0.4) is 0 Å². The summed E-state index contributed by atoms with van der Waals surface area (Å²) in [5, 5.41) is 5.12. The van der Waals surface area contributed by atoms with E-state index in [1.165, 1.54) is 12.1 Å². The first-order chi connectivity index (χ1) is 15.9. The molecule has 33 heavy (non-hydrogen) atoms. The smallest absolute Gasteiger partial charge is 0.408 e. The van der Waals surface area contributed by atoms with Gasteiger partial charge in [0.05, 0.1) is 12.2 Å². The highest BCUT2D eigenvalue weighted by Crippen LogP contribution is 2.12. The van der Waals surface area contributed by atoms with Crippen LogP contribution in [0.1, 0.15) is 48.5 Å². The summed E-state index contributed by atoms with van der Waals surface area (Å²) < 4.78 is 10.3. The second kappa shape index (κ2) is 13.5. The summed E-state index contributed by atoms with van der Waals surface area (Å²) in [7, 11) is 0. The molecule has 176 valence electrons. The lowest BCUT2D eigenvalue weighted by molar-refractivity contribution is -0.119. The molecular formula is C24H29N3O6. The molecule has 0 bridgehead atoms. The summed E-state index contributed by atoms with van der Waals surface area (Å²) in [5.74, 6) is -1.59. The molecule has 0 saturated carbocycles. The predicted octanol–water partition coefficient (Wildman–Crippen LogP) is 3.14. The molecule has 0 radical (unpaired) electrons. The number of unbranched alkanes of at least 4 members (excludes halogenated alkanes) is 1. The van der Waals surface area contributed by atoms with Gasteiger partial charge in [-0.05, 0) is 42.7 Å². The van der Waals surface area contributed by atoms with Gasteiger partial charge in [-0.15, -0.1) is 0 Å². The highest BCUT2D eigenvalue weighted by molar-refractivity contribution is 5.97. The molecule has 4 N–H and O–H groups in total. The van der Waals surface area contributed by atoms with Crippen molar-refractivity contribution in [3.05, 3.63) is 65.7 Å². The Morgan fingerprint density at radius 1 is 0.970 bits per heavy atom. The Kier molecular flexibility index (Phi) is 10.4. The SMILES string of the molecule is CCCCOC(=O)c1ccc(NC(=O)[C@H](CCC(N)=O)NC(=O)OCc2ccccc2)cc1. The van der Waals surface area contributed by atoms with Crippen molar-refractivity contribution in [2.45, 2.75) is 45.3 Å². The molecule has 9 heteroatoms. The second-order valence-corrected chi connectivity index (χ2v) is 7.32. The number of alkyl carbamates (subject to hydrolysis) is 1. The average molecular weight is 456 g/mol. The maximum absolute atomic E-state index is 12.7. The molecule has 0 aliphatic rings. The van der Waals surface area contributed by atoms with Crippen LogP contribution < -0.4 is 16.4 Å². The van der Waals surface area contributed by atoms with Gasteiger partial charge in [-0.25, -0.2) is 9.59 Å². The number of carbonyl (C=O) groups is 4. The van der Waals surface area contributed by atoms with Gasteiger partial charge in [-0.1, -0.05) is 43.7 Å². The van der Waals surface area contributed by atoms with Crippen LogP contribution in [0.5, 0.6) is 0 Å². The number of esters is 1. The van der Waals surface area contributed by atoms with E-state index in [1.54, 1.807) is 24.3 Å². The fourth-order valence-electron chi connectivity index (χ4n) is 2.77. The largest absolute Gasteiger partial charge is 0.462 e. The van der Waals surface area contributed by atoms with E-state index in [-0.39, 0.29) is 19.4 Å². The van der Waals surface area contributed by atoms with E-state index < -0.39 is 29.9 Å². The minimum atomic E-state index is -1.04. The van der Waals surface area contributed by atoms with Crippen molar-refractivity contribution in [3.8, 4) is 0 Å². The highest BCUT2D eigenvalue weighted by Gasteiger charge is 2.22. The summed E-state index contributed by atoms with van der Waals surface area (Å²) in [6.45, 7) is 2.38. The number of nitrogens with one attached hydrogen (secondary N) is 2. The zero-order valence-corrected chi connectivity index (χ0v) is 18.5. The number of hydrogen-bond acceptors (Lipinski definition) is 6. The summed E-state index contributed by atoms with van der Waals surface area (Å²) in [6.07, 6.45) is 0.813. The monoisotopic (exact) mass is 455 g/mol. The average Bonchev–Trinajstić information content (AvgIpc) is 2.81. The van der Waals surface area contributed by atoms with Crippen LogP contribution in [0, 0.1) is 0 Å². The van der Waals surface area contributed by atoms with Gasteiger partial charge < -0.3 is 25.8 Å². The Balaban J connectivity index is 1.94. The fourth-order valence-corrected chi connectivity index (χ4v) is 2.77. The van der Waals surface area contributed by atoms with E-state index in [1.807, 2.05) is 25.1 Å². The van der Waals surface area contributed by atoms with Gasteiger partial charge in [0, 0.05) is 12.1 Å². The Morgan fingerprint density at radius 2 is 1.67 bits per heavy atom. The molecule has 0 saturated heterocycles. The van der Waals surface area contributed by atoms with Gasteiger partial charge in [-0.3, -0.25) is 9.59 Å². The Labute approximate surface area is 192 Å². The van der Waals surface area contributed by atoms with Crippen molar-refractivity contribution in [3.63, 3.8) is 0 Å². The third-order valence-corrected chi connectivity index (χ3v) is 4.62. The quantitative estimate of drug-likeness (QED) is 0.332.